The van der Waals surface area contributed by atoms with Crippen molar-refractivity contribution in [2.24, 2.45) is 17.8 Å². The Morgan fingerprint density at radius 1 is 1.29 bits per heavy atom. The molecule has 14 heavy (non-hydrogen) atoms. The van der Waals surface area contributed by atoms with Crippen LogP contribution in [0.25, 0.3) is 0 Å². The summed E-state index contributed by atoms with van der Waals surface area (Å²) in [6.45, 7) is 8.85. The molecule has 0 saturated heterocycles. The smallest absolute Gasteiger partial charge is 0.0517 e. The molecule has 1 fully saturated rings. The van der Waals surface area contributed by atoms with Crippen molar-refractivity contribution in [2.75, 3.05) is 0 Å². The van der Waals surface area contributed by atoms with Gasteiger partial charge in [0.15, 0.2) is 0 Å². The van der Waals surface area contributed by atoms with Crippen LogP contribution >= 0.6 is 0 Å². The maximum absolute atomic E-state index is 9.47. The predicted octanol–water partition coefficient (Wildman–Crippen LogP) is 3.42. The monoisotopic (exact) mass is 197 g/mol. The Morgan fingerprint density at radius 2 is 1.93 bits per heavy atom. The summed E-state index contributed by atoms with van der Waals surface area (Å²) in [5.74, 6) is 3.96. The second-order valence-electron chi connectivity index (χ2n) is 5.45. The topological polar surface area (TPSA) is 20.2 Å². The number of hydrogen-bond donors (Lipinski definition) is 1. The summed E-state index contributed by atoms with van der Waals surface area (Å²) >= 11 is 0. The molecule has 0 amide bonds. The van der Waals surface area contributed by atoms with Crippen LogP contribution < -0.4 is 0 Å². The van der Waals surface area contributed by atoms with Crippen molar-refractivity contribution in [2.45, 2.75) is 59.5 Å². The van der Waals surface area contributed by atoms with Crippen LogP contribution in [0.15, 0.2) is 0 Å². The third kappa shape index (κ3) is 3.27. The highest BCUT2D eigenvalue weighted by atomic mass is 16.3. The van der Waals surface area contributed by atoms with E-state index in [4.69, 9.17) is 0 Å². The Morgan fingerprint density at radius 3 is 2.43 bits per heavy atom. The van der Waals surface area contributed by atoms with Gasteiger partial charge in [-0.05, 0) is 49.9 Å². The first-order valence-corrected chi connectivity index (χ1v) is 6.03. The van der Waals surface area contributed by atoms with Gasteiger partial charge in [0.2, 0.25) is 0 Å². The largest absolute Gasteiger partial charge is 0.393 e. The summed E-state index contributed by atoms with van der Waals surface area (Å²) in [7, 11) is 0. The number of hydrogen-bond acceptors (Lipinski definition) is 1. The first-order chi connectivity index (χ1) is 6.50. The molecule has 1 aliphatic rings. The molecule has 1 aliphatic carbocycles. The van der Waals surface area contributed by atoms with E-state index in [9.17, 15) is 5.11 Å². The highest BCUT2D eigenvalue weighted by molar-refractivity contribution is 5.02. The summed E-state index contributed by atoms with van der Waals surface area (Å²) in [5, 5.41) is 9.47. The number of aliphatic hydroxyl groups is 1. The highest BCUT2D eigenvalue weighted by Gasteiger charge is 2.31. The molecule has 83 valence electrons. The molecule has 1 N–H and O–H groups in total. The summed E-state index contributed by atoms with van der Waals surface area (Å²) < 4.78 is 0. The normalized spacial score (nSPS) is 32.1. The minimum Gasteiger partial charge on any atom is -0.393 e. The van der Waals surface area contributed by atoms with Gasteiger partial charge in [0.25, 0.3) is 0 Å². The molecule has 1 rings (SSSR count). The van der Waals surface area contributed by atoms with Crippen LogP contribution in [0, 0.1) is 23.7 Å². The maximum atomic E-state index is 9.47. The van der Waals surface area contributed by atoms with E-state index in [1.54, 1.807) is 5.92 Å². The fraction of sp³-hybridized carbons (Fsp3) is 0.923. The second kappa shape index (κ2) is 5.16. The minimum atomic E-state index is -0.156. The van der Waals surface area contributed by atoms with E-state index in [-0.39, 0.29) is 6.10 Å². The van der Waals surface area contributed by atoms with Crippen LogP contribution in [0.2, 0.25) is 0 Å². The van der Waals surface area contributed by atoms with Crippen molar-refractivity contribution in [1.29, 1.82) is 0 Å². The van der Waals surface area contributed by atoms with Gasteiger partial charge in [-0.15, -0.1) is 0 Å². The van der Waals surface area contributed by atoms with Crippen LogP contribution in [0.1, 0.15) is 53.4 Å². The zero-order valence-corrected chi connectivity index (χ0v) is 10.1. The maximum Gasteiger partial charge on any atom is 0.0517 e. The summed E-state index contributed by atoms with van der Waals surface area (Å²) in [6.07, 6.45) is 4.71. The molecule has 0 bridgehead atoms. The highest BCUT2D eigenvalue weighted by Crippen LogP contribution is 2.41. The summed E-state index contributed by atoms with van der Waals surface area (Å²) in [5.41, 5.74) is 0. The Bertz CT molecular complexity index is 161. The van der Waals surface area contributed by atoms with Crippen molar-refractivity contribution in [3.8, 4) is 0 Å². The quantitative estimate of drug-likeness (QED) is 0.735. The number of aliphatic hydroxyl groups excluding tert-OH is 1. The molecule has 0 aliphatic heterocycles. The van der Waals surface area contributed by atoms with Crippen LogP contribution in [0.4, 0.5) is 0 Å². The minimum absolute atomic E-state index is 0.156. The third-order valence-corrected chi connectivity index (χ3v) is 3.47. The molecule has 1 saturated carbocycles. The van der Waals surface area contributed by atoms with Gasteiger partial charge < -0.3 is 5.11 Å². The van der Waals surface area contributed by atoms with Gasteiger partial charge in [0, 0.05) is 0 Å². The molecule has 0 aromatic rings. The molecule has 0 aromatic carbocycles. The molecule has 3 unspecified atom stereocenters. The number of rotatable bonds is 3. The molecule has 1 radical (unpaired) electrons. The van der Waals surface area contributed by atoms with Crippen LogP contribution in [-0.4, -0.2) is 11.2 Å². The lowest BCUT2D eigenvalue weighted by Gasteiger charge is -2.37. The fourth-order valence-corrected chi connectivity index (χ4v) is 2.79. The van der Waals surface area contributed by atoms with Gasteiger partial charge in [-0.1, -0.05) is 27.2 Å². The average Bonchev–Trinajstić information content (AvgIpc) is 2.01. The molecule has 0 heterocycles. The van der Waals surface area contributed by atoms with Gasteiger partial charge in [-0.25, -0.2) is 0 Å². The van der Waals surface area contributed by atoms with E-state index >= 15 is 0 Å². The third-order valence-electron chi connectivity index (χ3n) is 3.47. The lowest BCUT2D eigenvalue weighted by Crippen LogP contribution is -2.28. The molecule has 1 heteroatoms. The first kappa shape index (κ1) is 12.0. The fourth-order valence-electron chi connectivity index (χ4n) is 2.79. The van der Waals surface area contributed by atoms with Crippen molar-refractivity contribution in [3.63, 3.8) is 0 Å². The zero-order chi connectivity index (χ0) is 10.7. The Balaban J connectivity index is 2.54. The Hall–Kier alpha value is -0.0400. The summed E-state index contributed by atoms with van der Waals surface area (Å²) in [4.78, 5) is 0. The molecular formula is C13H25O. The van der Waals surface area contributed by atoms with E-state index < -0.39 is 0 Å². The van der Waals surface area contributed by atoms with Gasteiger partial charge in [-0.2, -0.15) is 0 Å². The molecule has 0 spiro atoms. The van der Waals surface area contributed by atoms with E-state index in [0.29, 0.717) is 0 Å². The molecule has 3 atom stereocenters. The van der Waals surface area contributed by atoms with Gasteiger partial charge >= 0.3 is 0 Å². The van der Waals surface area contributed by atoms with Crippen molar-refractivity contribution in [3.05, 3.63) is 5.92 Å². The van der Waals surface area contributed by atoms with Gasteiger partial charge in [0.05, 0.1) is 6.10 Å². The molecule has 1 nitrogen and oxygen atoms in total. The standard InChI is InChI=1S/C13H25O/c1-9(2)13-6-5-10(3)7-12(13)8-11(4)14/h9-11,13-14H,5-8H2,1-4H3. The molecule has 0 aromatic heterocycles. The van der Waals surface area contributed by atoms with Crippen LogP contribution in [0.3, 0.4) is 0 Å². The predicted molar refractivity (Wildman–Crippen MR) is 60.9 cm³/mol. The SMILES string of the molecule is CC(O)C[C]1CC(C)CCC1C(C)C. The first-order valence-electron chi connectivity index (χ1n) is 6.03. The summed E-state index contributed by atoms with van der Waals surface area (Å²) in [6, 6.07) is 0. The molecular weight excluding hydrogens is 172 g/mol. The van der Waals surface area contributed by atoms with E-state index in [1.807, 2.05) is 6.92 Å². The lowest BCUT2D eigenvalue weighted by atomic mass is 9.68. The van der Waals surface area contributed by atoms with Gasteiger partial charge in [0.1, 0.15) is 0 Å². The van der Waals surface area contributed by atoms with Crippen LogP contribution in [0.5, 0.6) is 0 Å². The van der Waals surface area contributed by atoms with E-state index in [0.717, 1.165) is 24.2 Å². The van der Waals surface area contributed by atoms with E-state index in [1.165, 1.54) is 19.3 Å². The zero-order valence-electron chi connectivity index (χ0n) is 10.1. The van der Waals surface area contributed by atoms with Crippen molar-refractivity contribution in [1.82, 2.24) is 0 Å². The van der Waals surface area contributed by atoms with Gasteiger partial charge in [-0.3, -0.25) is 0 Å². The van der Waals surface area contributed by atoms with Crippen molar-refractivity contribution < 1.29 is 5.11 Å². The van der Waals surface area contributed by atoms with E-state index in [2.05, 4.69) is 20.8 Å². The van der Waals surface area contributed by atoms with Crippen molar-refractivity contribution >= 4 is 0 Å². The lowest BCUT2D eigenvalue weighted by molar-refractivity contribution is 0.158. The second-order valence-corrected chi connectivity index (χ2v) is 5.45. The Labute approximate surface area is 88.9 Å². The van der Waals surface area contributed by atoms with Crippen LogP contribution in [-0.2, 0) is 0 Å². The average molecular weight is 197 g/mol. The Kier molecular flexibility index (Phi) is 4.43.